The molecular weight excluding hydrogens is 484 g/mol. The van der Waals surface area contributed by atoms with Crippen molar-refractivity contribution >= 4 is 29.3 Å². The molecule has 0 spiro atoms. The Morgan fingerprint density at radius 2 is 1.68 bits per heavy atom. The number of carboxylic acids is 1. The number of hydrogen-bond acceptors (Lipinski definition) is 5. The van der Waals surface area contributed by atoms with Crippen LogP contribution in [0.1, 0.15) is 40.8 Å². The van der Waals surface area contributed by atoms with Crippen LogP contribution in [-0.4, -0.2) is 21.5 Å². The first kappa shape index (κ1) is 24.7. The van der Waals surface area contributed by atoms with Gasteiger partial charge in [-0.1, -0.05) is 66.7 Å². The highest BCUT2D eigenvalue weighted by molar-refractivity contribution is 7.10. The number of aromatic nitrogens is 1. The summed E-state index contributed by atoms with van der Waals surface area (Å²) < 4.78 is 9.95. The Morgan fingerprint density at radius 1 is 0.973 bits per heavy atom. The second kappa shape index (κ2) is 9.82. The Bertz CT molecular complexity index is 1490. The molecule has 3 aromatic carbocycles. The molecule has 1 fully saturated rings. The van der Waals surface area contributed by atoms with Crippen LogP contribution in [0.25, 0.3) is 21.6 Å². The normalized spacial score (nSPS) is 13.7. The van der Waals surface area contributed by atoms with E-state index in [2.05, 4.69) is 15.8 Å². The first-order valence-corrected chi connectivity index (χ1v) is 13.0. The van der Waals surface area contributed by atoms with E-state index in [1.165, 1.54) is 11.5 Å². The summed E-state index contributed by atoms with van der Waals surface area (Å²) >= 11 is 1.34. The van der Waals surface area contributed by atoms with E-state index in [-0.39, 0.29) is 6.61 Å². The fourth-order valence-electron chi connectivity index (χ4n) is 4.58. The second-order valence-electron chi connectivity index (χ2n) is 9.59. The molecule has 1 aromatic heterocycles. The summed E-state index contributed by atoms with van der Waals surface area (Å²) in [6, 6.07) is 21.8. The minimum absolute atomic E-state index is 0.199. The number of carboxylic acid groups (broad SMARTS) is 1. The number of benzene rings is 3. The molecule has 0 unspecified atom stereocenters. The second-order valence-corrected chi connectivity index (χ2v) is 10.4. The smallest absolute Gasteiger partial charge is 0.412 e. The first-order valence-electron chi connectivity index (χ1n) is 12.2. The van der Waals surface area contributed by atoms with Gasteiger partial charge in [0.1, 0.15) is 6.61 Å². The van der Waals surface area contributed by atoms with Crippen molar-refractivity contribution in [3.05, 3.63) is 94.7 Å². The van der Waals surface area contributed by atoms with Gasteiger partial charge in [-0.05, 0) is 84.1 Å². The number of nitrogens with zero attached hydrogens (tertiary/aromatic N) is 1. The molecule has 188 valence electrons. The third-order valence-electron chi connectivity index (χ3n) is 7.11. The van der Waals surface area contributed by atoms with Crippen molar-refractivity contribution in [3.63, 3.8) is 0 Å². The molecule has 2 N–H and O–H groups in total. The molecule has 1 saturated carbocycles. The maximum atomic E-state index is 12.6. The van der Waals surface area contributed by atoms with Crippen molar-refractivity contribution in [2.45, 2.75) is 45.6 Å². The average Bonchev–Trinajstić information content (AvgIpc) is 3.64. The summed E-state index contributed by atoms with van der Waals surface area (Å²) in [6.07, 6.45) is 0.871. The highest BCUT2D eigenvalue weighted by Crippen LogP contribution is 2.48. The zero-order valence-corrected chi connectivity index (χ0v) is 21.8. The van der Waals surface area contributed by atoms with Gasteiger partial charge in [-0.3, -0.25) is 10.1 Å². The summed E-state index contributed by atoms with van der Waals surface area (Å²) in [5.74, 6) is -0.747. The van der Waals surface area contributed by atoms with Crippen LogP contribution in [-0.2, 0) is 21.6 Å². The molecular formula is C30H28N2O4S. The summed E-state index contributed by atoms with van der Waals surface area (Å²) in [6.45, 7) is 6.09. The van der Waals surface area contributed by atoms with Crippen LogP contribution in [0, 0.1) is 20.8 Å². The van der Waals surface area contributed by atoms with Gasteiger partial charge < -0.3 is 9.84 Å². The van der Waals surface area contributed by atoms with Crippen LogP contribution < -0.4 is 5.32 Å². The number of carbonyl (C=O) groups is 2. The Balaban J connectivity index is 1.33. The molecule has 37 heavy (non-hydrogen) atoms. The van der Waals surface area contributed by atoms with E-state index in [9.17, 15) is 14.7 Å². The standard InChI is InChI=1S/C30H28N2O4S/c1-18-6-4-5-7-23(18)17-36-29(35)31-26-20(3)32-37-27(26)25-13-10-22(16-19(25)2)21-8-11-24(12-9-21)30(14-15-30)28(33)34/h4-13,16H,14-15,17H2,1-3H3,(H,31,35)(H,33,34). The topological polar surface area (TPSA) is 88.5 Å². The monoisotopic (exact) mass is 512 g/mol. The number of ether oxygens (including phenoxy) is 1. The Morgan fingerprint density at radius 3 is 2.32 bits per heavy atom. The molecule has 1 heterocycles. The highest BCUT2D eigenvalue weighted by Gasteiger charge is 2.51. The molecule has 1 amide bonds. The minimum atomic E-state index is -0.747. The van der Waals surface area contributed by atoms with Crippen molar-refractivity contribution in [1.29, 1.82) is 0 Å². The molecule has 7 heteroatoms. The van der Waals surface area contributed by atoms with Gasteiger partial charge in [0.05, 0.1) is 21.7 Å². The van der Waals surface area contributed by atoms with Crippen LogP contribution in [0.15, 0.2) is 66.7 Å². The lowest BCUT2D eigenvalue weighted by Gasteiger charge is -2.13. The van der Waals surface area contributed by atoms with E-state index < -0.39 is 17.5 Å². The molecule has 0 aliphatic heterocycles. The molecule has 1 aliphatic rings. The van der Waals surface area contributed by atoms with E-state index in [0.29, 0.717) is 18.5 Å². The quantitative estimate of drug-likeness (QED) is 0.272. The highest BCUT2D eigenvalue weighted by atomic mass is 32.1. The van der Waals surface area contributed by atoms with Crippen LogP contribution >= 0.6 is 11.5 Å². The summed E-state index contributed by atoms with van der Waals surface area (Å²) in [7, 11) is 0. The van der Waals surface area contributed by atoms with E-state index in [4.69, 9.17) is 4.74 Å². The number of rotatable bonds is 7. The van der Waals surface area contributed by atoms with Crippen molar-refractivity contribution in [2.24, 2.45) is 0 Å². The Labute approximate surface area is 220 Å². The number of aryl methyl sites for hydroxylation is 3. The molecule has 0 saturated heterocycles. The summed E-state index contributed by atoms with van der Waals surface area (Å²) in [5.41, 5.74) is 7.70. The molecule has 0 atom stereocenters. The van der Waals surface area contributed by atoms with Crippen molar-refractivity contribution in [3.8, 4) is 21.6 Å². The maximum absolute atomic E-state index is 12.6. The molecule has 4 aromatic rings. The van der Waals surface area contributed by atoms with Gasteiger partial charge in [0.25, 0.3) is 0 Å². The van der Waals surface area contributed by atoms with E-state index in [0.717, 1.165) is 49.5 Å². The molecule has 0 radical (unpaired) electrons. The van der Waals surface area contributed by atoms with E-state index in [1.54, 1.807) is 0 Å². The zero-order valence-electron chi connectivity index (χ0n) is 21.0. The maximum Gasteiger partial charge on any atom is 0.412 e. The predicted octanol–water partition coefficient (Wildman–Crippen LogP) is 7.27. The average molecular weight is 513 g/mol. The van der Waals surface area contributed by atoms with Crippen LogP contribution in [0.5, 0.6) is 0 Å². The number of hydrogen-bond donors (Lipinski definition) is 2. The van der Waals surface area contributed by atoms with Crippen molar-refractivity contribution in [1.82, 2.24) is 4.37 Å². The van der Waals surface area contributed by atoms with Gasteiger partial charge in [0, 0.05) is 0 Å². The lowest BCUT2D eigenvalue weighted by Crippen LogP contribution is -2.19. The largest absolute Gasteiger partial charge is 0.481 e. The van der Waals surface area contributed by atoms with E-state index in [1.807, 2.05) is 81.4 Å². The predicted molar refractivity (Wildman–Crippen MR) is 146 cm³/mol. The van der Waals surface area contributed by atoms with Gasteiger partial charge in [-0.25, -0.2) is 4.79 Å². The van der Waals surface area contributed by atoms with Crippen molar-refractivity contribution < 1.29 is 19.4 Å². The lowest BCUT2D eigenvalue weighted by atomic mass is 9.93. The zero-order chi connectivity index (χ0) is 26.2. The first-order chi connectivity index (χ1) is 17.8. The van der Waals surface area contributed by atoms with Gasteiger partial charge in [0.2, 0.25) is 0 Å². The van der Waals surface area contributed by atoms with Gasteiger partial charge >= 0.3 is 12.1 Å². The van der Waals surface area contributed by atoms with Crippen LogP contribution in [0.2, 0.25) is 0 Å². The lowest BCUT2D eigenvalue weighted by molar-refractivity contribution is -0.140. The summed E-state index contributed by atoms with van der Waals surface area (Å²) in [4.78, 5) is 25.1. The molecule has 5 rings (SSSR count). The number of aliphatic carboxylic acids is 1. The van der Waals surface area contributed by atoms with E-state index >= 15 is 0 Å². The van der Waals surface area contributed by atoms with Gasteiger partial charge in [0.15, 0.2) is 0 Å². The Kier molecular flexibility index (Phi) is 6.56. The number of carbonyl (C=O) groups excluding carboxylic acids is 1. The third kappa shape index (κ3) is 4.87. The van der Waals surface area contributed by atoms with Crippen LogP contribution in [0.3, 0.4) is 0 Å². The Hall–Kier alpha value is -3.97. The number of nitrogens with one attached hydrogen (secondary N) is 1. The fourth-order valence-corrected chi connectivity index (χ4v) is 5.52. The minimum Gasteiger partial charge on any atom is -0.481 e. The van der Waals surface area contributed by atoms with Gasteiger partial charge in [-0.15, -0.1) is 0 Å². The molecule has 6 nitrogen and oxygen atoms in total. The number of anilines is 1. The van der Waals surface area contributed by atoms with Gasteiger partial charge in [-0.2, -0.15) is 4.37 Å². The molecule has 0 bridgehead atoms. The third-order valence-corrected chi connectivity index (χ3v) is 8.08. The fraction of sp³-hybridized carbons (Fsp3) is 0.233. The SMILES string of the molecule is Cc1ccccc1COC(=O)Nc1c(C)nsc1-c1ccc(-c2ccc(C3(C(=O)O)CC3)cc2)cc1C. The number of amides is 1. The molecule has 1 aliphatic carbocycles. The summed E-state index contributed by atoms with van der Waals surface area (Å²) in [5, 5.41) is 12.4. The van der Waals surface area contributed by atoms with Crippen LogP contribution in [0.4, 0.5) is 10.5 Å². The van der Waals surface area contributed by atoms with Crippen molar-refractivity contribution in [2.75, 3.05) is 5.32 Å².